The molecule has 3 fully saturated rings. The molecule has 0 aromatic heterocycles. The van der Waals surface area contributed by atoms with Gasteiger partial charge in [0.1, 0.15) is 0 Å². The van der Waals surface area contributed by atoms with Crippen molar-refractivity contribution in [3.8, 4) is 12.3 Å². The number of carbonyl (C=O) groups excluding carboxylic acids is 1. The van der Waals surface area contributed by atoms with Gasteiger partial charge in [-0.25, -0.2) is 0 Å². The van der Waals surface area contributed by atoms with E-state index in [0.717, 1.165) is 0 Å². The second kappa shape index (κ2) is 6.69. The van der Waals surface area contributed by atoms with Crippen molar-refractivity contribution in [2.75, 3.05) is 0 Å². The summed E-state index contributed by atoms with van der Waals surface area (Å²) in [4.78, 5) is 12.1. The van der Waals surface area contributed by atoms with Gasteiger partial charge in [0.25, 0.3) is 0 Å². The first kappa shape index (κ1) is 11.3. The third-order valence-corrected chi connectivity index (χ3v) is 7.12. The van der Waals surface area contributed by atoms with Crippen molar-refractivity contribution in [3.63, 3.8) is 0 Å². The zero-order valence-electron chi connectivity index (χ0n) is 23.8. The van der Waals surface area contributed by atoms with E-state index in [1.54, 1.807) is 0 Å². The van der Waals surface area contributed by atoms with E-state index in [0.29, 0.717) is 19.3 Å². The zero-order valence-corrected chi connectivity index (χ0v) is 15.8. The van der Waals surface area contributed by atoms with E-state index in [1.165, 1.54) is 6.92 Å². The van der Waals surface area contributed by atoms with Crippen LogP contribution in [-0.4, -0.2) is 22.5 Å². The standard InChI is InChI=1S/C23H31NO3/c1-4-22-12-10-19-18-9-7-17(24-26)14-16(18)6-8-20(19)21(22)11-13-23(22,5-2)27-15(3)25/h2,14,18-21,26H,4,6-13H2,1,3H3/t18-,19?,20?,21?,22-,23-/m0/s1/i6D2,7D2,13D2,14D,18D. The van der Waals surface area contributed by atoms with E-state index < -0.39 is 77.9 Å². The second-order valence-corrected chi connectivity index (χ2v) is 7.93. The number of rotatable bonds is 2. The third-order valence-electron chi connectivity index (χ3n) is 7.12. The van der Waals surface area contributed by atoms with Crippen molar-refractivity contribution in [3.05, 3.63) is 11.6 Å². The van der Waals surface area contributed by atoms with Crippen molar-refractivity contribution in [1.82, 2.24) is 0 Å². The number of allylic oxidation sites excluding steroid dienone is 2. The molecule has 4 aliphatic carbocycles. The van der Waals surface area contributed by atoms with Gasteiger partial charge in [0.2, 0.25) is 0 Å². The third kappa shape index (κ3) is 2.57. The van der Waals surface area contributed by atoms with Crippen molar-refractivity contribution in [1.29, 1.82) is 0 Å². The average molecular weight is 378 g/mol. The van der Waals surface area contributed by atoms with E-state index in [2.05, 4.69) is 11.1 Å². The molecule has 1 N–H and O–H groups in total. The summed E-state index contributed by atoms with van der Waals surface area (Å²) >= 11 is 0. The van der Waals surface area contributed by atoms with Gasteiger partial charge in [0.05, 0.1) is 7.08 Å². The lowest BCUT2D eigenvalue weighted by molar-refractivity contribution is -0.170. The van der Waals surface area contributed by atoms with Crippen LogP contribution in [0.15, 0.2) is 16.8 Å². The molecule has 27 heavy (non-hydrogen) atoms. The van der Waals surface area contributed by atoms with Crippen LogP contribution in [0.2, 0.25) is 0 Å². The predicted molar refractivity (Wildman–Crippen MR) is 104 cm³/mol. The molecular weight excluding hydrogens is 338 g/mol. The topological polar surface area (TPSA) is 58.9 Å². The minimum atomic E-state index is -2.31. The Labute approximate surface area is 173 Å². The van der Waals surface area contributed by atoms with Gasteiger partial charge in [-0.2, -0.15) is 0 Å². The van der Waals surface area contributed by atoms with Crippen molar-refractivity contribution in [2.24, 2.45) is 34.2 Å². The number of nitrogens with zero attached hydrogens (tertiary/aromatic N) is 1. The lowest BCUT2D eigenvalue weighted by Gasteiger charge is -2.56. The molecule has 4 nitrogen and oxygen atoms in total. The van der Waals surface area contributed by atoms with Crippen molar-refractivity contribution >= 4 is 11.7 Å². The van der Waals surface area contributed by atoms with Crippen molar-refractivity contribution in [2.45, 2.75) is 77.1 Å². The summed E-state index contributed by atoms with van der Waals surface area (Å²) in [5.41, 5.74) is -3.56. The lowest BCUT2D eigenvalue weighted by Crippen LogP contribution is -2.55. The van der Waals surface area contributed by atoms with Gasteiger partial charge in [-0.15, -0.1) is 6.42 Å². The minimum Gasteiger partial charge on any atom is -0.445 e. The van der Waals surface area contributed by atoms with E-state index in [9.17, 15) is 11.4 Å². The molecule has 146 valence electrons. The number of fused-ring (bicyclic) bond motifs is 5. The first-order valence-electron chi connectivity index (χ1n) is 13.6. The summed E-state index contributed by atoms with van der Waals surface area (Å²) in [5, 5.41) is 12.3. The van der Waals surface area contributed by atoms with Gasteiger partial charge in [0, 0.05) is 21.9 Å². The smallest absolute Gasteiger partial charge is 0.304 e. The largest absolute Gasteiger partial charge is 0.445 e. The summed E-state index contributed by atoms with van der Waals surface area (Å²) in [5.74, 6) is -1.59. The van der Waals surface area contributed by atoms with Gasteiger partial charge < -0.3 is 9.94 Å². The molecule has 3 unspecified atom stereocenters. The highest BCUT2D eigenvalue weighted by Crippen LogP contribution is 2.67. The second-order valence-electron chi connectivity index (χ2n) is 7.93. The molecule has 4 aliphatic rings. The maximum Gasteiger partial charge on any atom is 0.304 e. The molecule has 4 heteroatoms. The number of carbonyl (C=O) groups is 1. The van der Waals surface area contributed by atoms with Crippen LogP contribution in [0.3, 0.4) is 0 Å². The van der Waals surface area contributed by atoms with Crippen LogP contribution in [0.4, 0.5) is 0 Å². The first-order chi connectivity index (χ1) is 16.0. The van der Waals surface area contributed by atoms with Crippen LogP contribution in [0.25, 0.3) is 0 Å². The van der Waals surface area contributed by atoms with Gasteiger partial charge in [0.15, 0.2) is 5.60 Å². The summed E-state index contributed by atoms with van der Waals surface area (Å²) in [6.45, 7) is 3.04. The SMILES string of the molecule is [2H]C1=C2C([2H])([2H])CC3C4CC([2H])([2H])[C@](C#C)(OC(C)=O)[C@@]4(CC)CCC3[C@@]2([2H])CC([2H])([2H])C1=NO. The molecule has 0 aromatic rings. The Morgan fingerprint density at radius 3 is 2.96 bits per heavy atom. The quantitative estimate of drug-likeness (QED) is 0.328. The Morgan fingerprint density at radius 2 is 2.30 bits per heavy atom. The van der Waals surface area contributed by atoms with Gasteiger partial charge in [-0.05, 0) is 87.3 Å². The molecule has 0 radical (unpaired) electrons. The summed E-state index contributed by atoms with van der Waals surface area (Å²) in [7, 11) is 0. The molecule has 3 saturated carbocycles. The van der Waals surface area contributed by atoms with Crippen LogP contribution < -0.4 is 0 Å². The summed E-state index contributed by atoms with van der Waals surface area (Å²) < 4.78 is 75.7. The molecule has 0 heterocycles. The molecule has 4 rings (SSSR count). The monoisotopic (exact) mass is 377 g/mol. The lowest BCUT2D eigenvalue weighted by atomic mass is 9.49. The van der Waals surface area contributed by atoms with E-state index in [4.69, 9.17) is 20.8 Å². The number of terminal acetylenes is 1. The molecular formula is C23H31NO3. The van der Waals surface area contributed by atoms with Crippen LogP contribution in [0, 0.1) is 41.4 Å². The summed E-state index contributed by atoms with van der Waals surface area (Å²) in [6, 6.07) is -0.575. The van der Waals surface area contributed by atoms with Gasteiger partial charge in [-0.3, -0.25) is 4.79 Å². The molecule has 0 bridgehead atoms. The van der Waals surface area contributed by atoms with Crippen LogP contribution in [0.5, 0.6) is 0 Å². The molecule has 0 aromatic carbocycles. The predicted octanol–water partition coefficient (Wildman–Crippen LogP) is 4.71. The Balaban J connectivity index is 1.91. The Kier molecular flexibility index (Phi) is 2.80. The van der Waals surface area contributed by atoms with Crippen LogP contribution in [0.1, 0.15) is 82.5 Å². The van der Waals surface area contributed by atoms with Crippen LogP contribution in [-0.2, 0) is 9.53 Å². The number of esters is 1. The Bertz CT molecular complexity index is 1070. The van der Waals surface area contributed by atoms with Crippen molar-refractivity contribution < 1.29 is 25.7 Å². The fourth-order valence-electron chi connectivity index (χ4n) is 5.96. The highest BCUT2D eigenvalue weighted by molar-refractivity contribution is 5.96. The highest BCUT2D eigenvalue weighted by atomic mass is 16.6. The van der Waals surface area contributed by atoms with Gasteiger partial charge >= 0.3 is 5.97 Å². The fourth-order valence-corrected chi connectivity index (χ4v) is 5.96. The first-order valence-corrected chi connectivity index (χ1v) is 9.62. The normalized spacial score (nSPS) is 57.5. The maximum absolute atomic E-state index is 12.1. The number of oxime groups is 1. The minimum absolute atomic E-state index is 0.0747. The number of hydrogen-bond donors (Lipinski definition) is 1. The Hall–Kier alpha value is -1.76. The van der Waals surface area contributed by atoms with Gasteiger partial charge in [-0.1, -0.05) is 23.6 Å². The number of hydrogen-bond acceptors (Lipinski definition) is 4. The molecule has 0 aliphatic heterocycles. The maximum atomic E-state index is 12.1. The summed E-state index contributed by atoms with van der Waals surface area (Å²) in [6.07, 6.45) is -0.305. The zero-order chi connectivity index (χ0) is 26.4. The highest BCUT2D eigenvalue weighted by Gasteiger charge is 2.65. The van der Waals surface area contributed by atoms with Crippen LogP contribution >= 0.6 is 0 Å². The van der Waals surface area contributed by atoms with E-state index in [1.807, 2.05) is 6.92 Å². The van der Waals surface area contributed by atoms with E-state index in [-0.39, 0.29) is 18.4 Å². The molecule has 0 amide bonds. The molecule has 0 saturated heterocycles. The Morgan fingerprint density at radius 1 is 1.48 bits per heavy atom. The molecule has 0 spiro atoms. The van der Waals surface area contributed by atoms with E-state index >= 15 is 0 Å². The average Bonchev–Trinajstić information content (AvgIpc) is 2.90. The molecule has 6 atom stereocenters. The number of ether oxygens (including phenoxy) is 1. The fraction of sp³-hybridized carbons (Fsp3) is 0.739.